The molecule has 0 radical (unpaired) electrons. The first kappa shape index (κ1) is 10.4. The largest absolute Gasteiger partial charge is 0.456 e. The lowest BCUT2D eigenvalue weighted by Crippen LogP contribution is -1.76. The molecule has 0 aliphatic rings. The number of rotatable bonds is 1. The molecular weight excluding hydrogens is 238 g/mol. The van der Waals surface area contributed by atoms with Crippen LogP contribution in [-0.4, -0.2) is 4.98 Å². The van der Waals surface area contributed by atoms with E-state index in [0.29, 0.717) is 5.89 Å². The second-order valence-electron chi connectivity index (χ2n) is 4.65. The molecule has 3 heteroatoms. The highest BCUT2D eigenvalue weighted by Gasteiger charge is 2.10. The zero-order valence-corrected chi connectivity index (χ0v) is 10.4. The summed E-state index contributed by atoms with van der Waals surface area (Å²) in [5.74, 6) is 0.610. The predicted octanol–water partition coefficient (Wildman–Crippen LogP) is 4.55. The van der Waals surface area contributed by atoms with Gasteiger partial charge in [0.1, 0.15) is 17.4 Å². The summed E-state index contributed by atoms with van der Waals surface area (Å²) in [6.45, 7) is 2.08. The Labute approximate surface area is 109 Å². The first-order valence-electron chi connectivity index (χ1n) is 6.14. The number of hydrogen-bond donors (Lipinski definition) is 0. The lowest BCUT2D eigenvalue weighted by atomic mass is 10.1. The normalized spacial score (nSPS) is 11.4. The highest BCUT2D eigenvalue weighted by Crippen LogP contribution is 2.32. The lowest BCUT2D eigenvalue weighted by Gasteiger charge is -1.95. The van der Waals surface area contributed by atoms with Gasteiger partial charge in [-0.25, -0.2) is 4.98 Å². The smallest absolute Gasteiger partial charge is 0.225 e. The van der Waals surface area contributed by atoms with Crippen LogP contribution >= 0.6 is 0 Å². The fraction of sp³-hybridized carbons (Fsp3) is 0.0625. The molecule has 0 bridgehead atoms. The molecular formula is C16H11NO2. The quantitative estimate of drug-likeness (QED) is 0.496. The van der Waals surface area contributed by atoms with Gasteiger partial charge in [-0.3, -0.25) is 0 Å². The van der Waals surface area contributed by atoms with E-state index in [0.717, 1.165) is 27.5 Å². The Hall–Kier alpha value is -2.55. The van der Waals surface area contributed by atoms with E-state index in [1.54, 1.807) is 12.5 Å². The van der Waals surface area contributed by atoms with Crippen LogP contribution in [0.3, 0.4) is 0 Å². The van der Waals surface area contributed by atoms with Crippen molar-refractivity contribution in [3.05, 3.63) is 54.4 Å². The maximum absolute atomic E-state index is 5.88. The molecule has 4 aromatic rings. The average Bonchev–Trinajstić information content (AvgIpc) is 3.04. The minimum absolute atomic E-state index is 0.610. The lowest BCUT2D eigenvalue weighted by molar-refractivity contribution is 0.574. The molecule has 3 nitrogen and oxygen atoms in total. The monoisotopic (exact) mass is 249 g/mol. The van der Waals surface area contributed by atoms with Gasteiger partial charge in [-0.05, 0) is 37.3 Å². The van der Waals surface area contributed by atoms with Crippen molar-refractivity contribution in [2.75, 3.05) is 0 Å². The Kier molecular flexibility index (Phi) is 2.03. The Morgan fingerprint density at radius 2 is 1.89 bits per heavy atom. The second-order valence-corrected chi connectivity index (χ2v) is 4.65. The molecule has 19 heavy (non-hydrogen) atoms. The summed E-state index contributed by atoms with van der Waals surface area (Å²) in [6.07, 6.45) is 3.21. The van der Waals surface area contributed by atoms with Crippen LogP contribution in [0.15, 0.2) is 57.7 Å². The molecule has 2 aromatic heterocycles. The van der Waals surface area contributed by atoms with E-state index in [9.17, 15) is 0 Å². The summed E-state index contributed by atoms with van der Waals surface area (Å²) >= 11 is 0. The molecule has 0 atom stereocenters. The van der Waals surface area contributed by atoms with Gasteiger partial charge in [0.05, 0.1) is 6.20 Å². The maximum atomic E-state index is 5.88. The van der Waals surface area contributed by atoms with Crippen molar-refractivity contribution < 1.29 is 8.83 Å². The van der Waals surface area contributed by atoms with Crippen molar-refractivity contribution in [3.63, 3.8) is 0 Å². The minimum atomic E-state index is 0.610. The molecule has 0 saturated carbocycles. The number of aromatic nitrogens is 1. The maximum Gasteiger partial charge on any atom is 0.225 e. The molecule has 2 heterocycles. The van der Waals surface area contributed by atoms with E-state index in [-0.39, 0.29) is 0 Å². The van der Waals surface area contributed by atoms with Gasteiger partial charge in [0.2, 0.25) is 5.89 Å². The van der Waals surface area contributed by atoms with Crippen molar-refractivity contribution >= 4 is 21.9 Å². The number of hydrogen-bond acceptors (Lipinski definition) is 3. The van der Waals surface area contributed by atoms with E-state index in [4.69, 9.17) is 8.83 Å². The molecule has 0 fully saturated rings. The number of fused-ring (bicyclic) bond motifs is 3. The van der Waals surface area contributed by atoms with Gasteiger partial charge >= 0.3 is 0 Å². The fourth-order valence-electron chi connectivity index (χ4n) is 2.39. The molecule has 4 rings (SSSR count). The predicted molar refractivity (Wildman–Crippen MR) is 74.0 cm³/mol. The third-order valence-electron chi connectivity index (χ3n) is 3.31. The van der Waals surface area contributed by atoms with Crippen LogP contribution in [0.5, 0.6) is 0 Å². The second kappa shape index (κ2) is 3.72. The number of nitrogens with zero attached hydrogens (tertiary/aromatic N) is 1. The van der Waals surface area contributed by atoms with E-state index in [1.165, 1.54) is 5.56 Å². The van der Waals surface area contributed by atoms with Crippen LogP contribution < -0.4 is 0 Å². The summed E-state index contributed by atoms with van der Waals surface area (Å²) in [7, 11) is 0. The van der Waals surface area contributed by atoms with Crippen LogP contribution in [0.25, 0.3) is 33.4 Å². The topological polar surface area (TPSA) is 39.2 Å². The summed E-state index contributed by atoms with van der Waals surface area (Å²) in [5.41, 5.74) is 3.92. The van der Waals surface area contributed by atoms with E-state index < -0.39 is 0 Å². The number of aryl methyl sites for hydroxylation is 1. The molecule has 0 aliphatic carbocycles. The average molecular weight is 249 g/mol. The Morgan fingerprint density at radius 3 is 2.74 bits per heavy atom. The van der Waals surface area contributed by atoms with Crippen LogP contribution in [-0.2, 0) is 0 Å². The van der Waals surface area contributed by atoms with Gasteiger partial charge in [0, 0.05) is 16.3 Å². The number of benzene rings is 2. The van der Waals surface area contributed by atoms with Crippen molar-refractivity contribution in [1.29, 1.82) is 0 Å². The Morgan fingerprint density at radius 1 is 0.947 bits per heavy atom. The number of furan rings is 1. The van der Waals surface area contributed by atoms with E-state index in [2.05, 4.69) is 30.1 Å². The fourth-order valence-corrected chi connectivity index (χ4v) is 2.39. The van der Waals surface area contributed by atoms with Gasteiger partial charge < -0.3 is 8.83 Å². The van der Waals surface area contributed by atoms with E-state index >= 15 is 0 Å². The molecule has 0 unspecified atom stereocenters. The first-order chi connectivity index (χ1) is 9.31. The Balaban J connectivity index is 2.02. The summed E-state index contributed by atoms with van der Waals surface area (Å²) in [4.78, 5) is 4.15. The van der Waals surface area contributed by atoms with Gasteiger partial charge in [0.25, 0.3) is 0 Å². The van der Waals surface area contributed by atoms with Crippen molar-refractivity contribution in [3.8, 4) is 11.5 Å². The van der Waals surface area contributed by atoms with Crippen LogP contribution in [0, 0.1) is 6.92 Å². The van der Waals surface area contributed by atoms with Crippen molar-refractivity contribution in [2.45, 2.75) is 6.92 Å². The standard InChI is InChI=1S/C16H11NO2/c1-10-2-5-14-13(8-10)12-4-3-11(9-15(12)19-14)16-17-6-7-18-16/h2-9H,1H3. The summed E-state index contributed by atoms with van der Waals surface area (Å²) in [5, 5.41) is 2.27. The van der Waals surface area contributed by atoms with Gasteiger partial charge in [0.15, 0.2) is 0 Å². The van der Waals surface area contributed by atoms with Crippen LogP contribution in [0.4, 0.5) is 0 Å². The third-order valence-corrected chi connectivity index (χ3v) is 3.31. The first-order valence-corrected chi connectivity index (χ1v) is 6.14. The molecule has 0 aliphatic heterocycles. The molecule has 2 aromatic carbocycles. The zero-order chi connectivity index (χ0) is 12.8. The third kappa shape index (κ3) is 1.55. The van der Waals surface area contributed by atoms with Gasteiger partial charge in [-0.15, -0.1) is 0 Å². The van der Waals surface area contributed by atoms with Gasteiger partial charge in [-0.2, -0.15) is 0 Å². The summed E-state index contributed by atoms with van der Waals surface area (Å²) in [6, 6.07) is 12.2. The van der Waals surface area contributed by atoms with Gasteiger partial charge in [-0.1, -0.05) is 11.6 Å². The van der Waals surface area contributed by atoms with Crippen LogP contribution in [0.1, 0.15) is 5.56 Å². The molecule has 0 saturated heterocycles. The van der Waals surface area contributed by atoms with Crippen molar-refractivity contribution in [1.82, 2.24) is 4.98 Å². The van der Waals surface area contributed by atoms with E-state index in [1.807, 2.05) is 18.2 Å². The number of oxazole rings is 1. The molecule has 0 amide bonds. The summed E-state index contributed by atoms with van der Waals surface area (Å²) < 4.78 is 11.2. The highest BCUT2D eigenvalue weighted by atomic mass is 16.3. The molecule has 92 valence electrons. The Bertz CT molecular complexity index is 872. The highest BCUT2D eigenvalue weighted by molar-refractivity contribution is 6.05. The van der Waals surface area contributed by atoms with Crippen LogP contribution in [0.2, 0.25) is 0 Å². The molecule has 0 N–H and O–H groups in total. The minimum Gasteiger partial charge on any atom is -0.456 e. The zero-order valence-electron chi connectivity index (χ0n) is 10.4. The molecule has 0 spiro atoms. The SMILES string of the molecule is Cc1ccc2oc3cc(-c4ncco4)ccc3c2c1. The van der Waals surface area contributed by atoms with Crippen molar-refractivity contribution in [2.24, 2.45) is 0 Å².